The van der Waals surface area contributed by atoms with Gasteiger partial charge in [0.05, 0.1) is 0 Å². The molecule has 0 atom stereocenters. The predicted molar refractivity (Wildman–Crippen MR) is 68.6 cm³/mol. The molecular formula is C13H25N3. The standard InChI is InChI=1S/C13H25N3/c1-3-8-14-9-6-5-7-11-16-12-10-15-13(16)4-2/h10,12,14H,3-9,11H2,1-2H3. The minimum Gasteiger partial charge on any atom is -0.335 e. The highest BCUT2D eigenvalue weighted by Gasteiger charge is 1.98. The van der Waals surface area contributed by atoms with Crippen molar-refractivity contribution in [3.8, 4) is 0 Å². The van der Waals surface area contributed by atoms with Crippen molar-refractivity contribution in [2.75, 3.05) is 13.1 Å². The Morgan fingerprint density at radius 1 is 1.19 bits per heavy atom. The van der Waals surface area contributed by atoms with E-state index in [1.54, 1.807) is 0 Å². The Hall–Kier alpha value is -0.830. The molecule has 0 aliphatic carbocycles. The summed E-state index contributed by atoms with van der Waals surface area (Å²) in [5.74, 6) is 1.21. The van der Waals surface area contributed by atoms with E-state index in [-0.39, 0.29) is 0 Å². The van der Waals surface area contributed by atoms with Crippen LogP contribution in [0.2, 0.25) is 0 Å². The summed E-state index contributed by atoms with van der Waals surface area (Å²) in [7, 11) is 0. The topological polar surface area (TPSA) is 29.9 Å². The fraction of sp³-hybridized carbons (Fsp3) is 0.769. The molecule has 0 amide bonds. The Morgan fingerprint density at radius 2 is 2.06 bits per heavy atom. The molecule has 16 heavy (non-hydrogen) atoms. The Balaban J connectivity index is 2.03. The van der Waals surface area contributed by atoms with Gasteiger partial charge in [-0.05, 0) is 32.4 Å². The zero-order valence-electron chi connectivity index (χ0n) is 10.7. The second-order valence-electron chi connectivity index (χ2n) is 4.20. The molecule has 0 bridgehead atoms. The first kappa shape index (κ1) is 13.2. The van der Waals surface area contributed by atoms with Crippen molar-refractivity contribution in [3.63, 3.8) is 0 Å². The quantitative estimate of drug-likeness (QED) is 0.652. The lowest BCUT2D eigenvalue weighted by Crippen LogP contribution is -2.15. The molecular weight excluding hydrogens is 198 g/mol. The molecule has 0 saturated heterocycles. The van der Waals surface area contributed by atoms with Gasteiger partial charge in [-0.15, -0.1) is 0 Å². The number of hydrogen-bond donors (Lipinski definition) is 1. The fourth-order valence-electron chi connectivity index (χ4n) is 1.87. The number of unbranched alkanes of at least 4 members (excludes halogenated alkanes) is 2. The second-order valence-corrected chi connectivity index (χ2v) is 4.20. The van der Waals surface area contributed by atoms with Crippen LogP contribution in [0.25, 0.3) is 0 Å². The summed E-state index contributed by atoms with van der Waals surface area (Å²) >= 11 is 0. The number of aryl methyl sites for hydroxylation is 2. The zero-order valence-corrected chi connectivity index (χ0v) is 10.7. The van der Waals surface area contributed by atoms with Gasteiger partial charge >= 0.3 is 0 Å². The van der Waals surface area contributed by atoms with Crippen molar-refractivity contribution in [3.05, 3.63) is 18.2 Å². The molecule has 0 radical (unpaired) electrons. The molecule has 0 aliphatic rings. The minimum atomic E-state index is 1.03. The van der Waals surface area contributed by atoms with Crippen LogP contribution in [0.4, 0.5) is 0 Å². The number of hydrogen-bond acceptors (Lipinski definition) is 2. The SMILES string of the molecule is CCCNCCCCCn1ccnc1CC. The first-order valence-electron chi connectivity index (χ1n) is 6.59. The summed E-state index contributed by atoms with van der Waals surface area (Å²) < 4.78 is 2.28. The maximum atomic E-state index is 4.32. The van der Waals surface area contributed by atoms with E-state index in [2.05, 4.69) is 34.9 Å². The number of imidazole rings is 1. The highest BCUT2D eigenvalue weighted by atomic mass is 15.1. The van der Waals surface area contributed by atoms with Crippen molar-refractivity contribution in [2.45, 2.75) is 52.5 Å². The van der Waals surface area contributed by atoms with Crippen LogP contribution in [0.15, 0.2) is 12.4 Å². The first-order valence-corrected chi connectivity index (χ1v) is 6.59. The van der Waals surface area contributed by atoms with E-state index in [1.165, 1.54) is 38.1 Å². The number of rotatable bonds is 9. The van der Waals surface area contributed by atoms with Gasteiger partial charge < -0.3 is 9.88 Å². The molecule has 1 heterocycles. The van der Waals surface area contributed by atoms with Crippen LogP contribution in [0.3, 0.4) is 0 Å². The summed E-state index contributed by atoms with van der Waals surface area (Å²) in [5.41, 5.74) is 0. The van der Waals surface area contributed by atoms with Crippen LogP contribution in [0.5, 0.6) is 0 Å². The number of nitrogens with zero attached hydrogens (tertiary/aromatic N) is 2. The Bertz CT molecular complexity index is 268. The second kappa shape index (κ2) is 8.34. The molecule has 92 valence electrons. The lowest BCUT2D eigenvalue weighted by Gasteiger charge is -2.06. The van der Waals surface area contributed by atoms with Gasteiger partial charge in [-0.3, -0.25) is 0 Å². The van der Waals surface area contributed by atoms with Crippen LogP contribution in [0, 0.1) is 0 Å². The fourth-order valence-corrected chi connectivity index (χ4v) is 1.87. The normalized spacial score (nSPS) is 10.9. The van der Waals surface area contributed by atoms with Gasteiger partial charge in [-0.1, -0.05) is 20.3 Å². The highest BCUT2D eigenvalue weighted by Crippen LogP contribution is 2.03. The van der Waals surface area contributed by atoms with E-state index in [1.807, 2.05) is 6.20 Å². The van der Waals surface area contributed by atoms with E-state index >= 15 is 0 Å². The van der Waals surface area contributed by atoms with Gasteiger partial charge in [-0.25, -0.2) is 4.98 Å². The molecule has 3 heteroatoms. The molecule has 0 aliphatic heterocycles. The zero-order chi connectivity index (χ0) is 11.6. The molecule has 0 aromatic carbocycles. The average molecular weight is 223 g/mol. The van der Waals surface area contributed by atoms with Crippen molar-refractivity contribution >= 4 is 0 Å². The third kappa shape index (κ3) is 4.79. The largest absolute Gasteiger partial charge is 0.335 e. The third-order valence-electron chi connectivity index (χ3n) is 2.80. The average Bonchev–Trinajstić information content (AvgIpc) is 2.75. The molecule has 1 rings (SSSR count). The summed E-state index contributed by atoms with van der Waals surface area (Å²) in [6.45, 7) is 7.81. The van der Waals surface area contributed by atoms with Crippen LogP contribution in [-0.4, -0.2) is 22.6 Å². The van der Waals surface area contributed by atoms with Crippen molar-refractivity contribution in [2.24, 2.45) is 0 Å². The first-order chi connectivity index (χ1) is 7.88. The molecule has 1 aromatic rings. The molecule has 0 saturated carbocycles. The van der Waals surface area contributed by atoms with E-state index < -0.39 is 0 Å². The van der Waals surface area contributed by atoms with Crippen LogP contribution in [0.1, 0.15) is 45.4 Å². The highest BCUT2D eigenvalue weighted by molar-refractivity contribution is 4.91. The van der Waals surface area contributed by atoms with E-state index in [4.69, 9.17) is 0 Å². The summed E-state index contributed by atoms with van der Waals surface area (Å²) in [5, 5.41) is 3.43. The molecule has 1 aromatic heterocycles. The van der Waals surface area contributed by atoms with Gasteiger partial charge in [0.15, 0.2) is 0 Å². The lowest BCUT2D eigenvalue weighted by atomic mass is 10.2. The molecule has 0 unspecified atom stereocenters. The lowest BCUT2D eigenvalue weighted by molar-refractivity contribution is 0.547. The Labute approximate surface area is 99.3 Å². The van der Waals surface area contributed by atoms with E-state index in [0.29, 0.717) is 0 Å². The Kier molecular flexibility index (Phi) is 6.90. The van der Waals surface area contributed by atoms with Gasteiger partial charge in [0.2, 0.25) is 0 Å². The van der Waals surface area contributed by atoms with Crippen molar-refractivity contribution in [1.82, 2.24) is 14.9 Å². The number of aromatic nitrogens is 2. The monoisotopic (exact) mass is 223 g/mol. The van der Waals surface area contributed by atoms with E-state index in [9.17, 15) is 0 Å². The van der Waals surface area contributed by atoms with Crippen molar-refractivity contribution < 1.29 is 0 Å². The minimum absolute atomic E-state index is 1.03. The van der Waals surface area contributed by atoms with Gasteiger partial charge in [0.25, 0.3) is 0 Å². The predicted octanol–water partition coefficient (Wildman–Crippen LogP) is 2.62. The molecule has 0 fully saturated rings. The van der Waals surface area contributed by atoms with Gasteiger partial charge in [0.1, 0.15) is 5.82 Å². The molecule has 1 N–H and O–H groups in total. The summed E-state index contributed by atoms with van der Waals surface area (Å²) in [6, 6.07) is 0. The van der Waals surface area contributed by atoms with Crippen molar-refractivity contribution in [1.29, 1.82) is 0 Å². The van der Waals surface area contributed by atoms with Crippen LogP contribution in [-0.2, 0) is 13.0 Å². The van der Waals surface area contributed by atoms with Gasteiger partial charge in [-0.2, -0.15) is 0 Å². The summed E-state index contributed by atoms with van der Waals surface area (Å²) in [4.78, 5) is 4.32. The Morgan fingerprint density at radius 3 is 2.81 bits per heavy atom. The number of nitrogens with one attached hydrogen (secondary N) is 1. The third-order valence-corrected chi connectivity index (χ3v) is 2.80. The molecule has 0 spiro atoms. The van der Waals surface area contributed by atoms with Gasteiger partial charge in [0, 0.05) is 25.4 Å². The maximum absolute atomic E-state index is 4.32. The smallest absolute Gasteiger partial charge is 0.108 e. The maximum Gasteiger partial charge on any atom is 0.108 e. The van der Waals surface area contributed by atoms with Crippen LogP contribution >= 0.6 is 0 Å². The van der Waals surface area contributed by atoms with E-state index in [0.717, 1.165) is 19.5 Å². The summed E-state index contributed by atoms with van der Waals surface area (Å²) in [6.07, 6.45) is 10.1. The van der Waals surface area contributed by atoms with Crippen LogP contribution < -0.4 is 5.32 Å². The molecule has 3 nitrogen and oxygen atoms in total.